The molecule has 1 aliphatic rings. The number of hydrogen-bond acceptors (Lipinski definition) is 4. The second-order valence-corrected chi connectivity index (χ2v) is 5.85. The van der Waals surface area contributed by atoms with E-state index < -0.39 is 0 Å². The summed E-state index contributed by atoms with van der Waals surface area (Å²) in [5.74, 6) is 0.155. The molecule has 1 fully saturated rings. The van der Waals surface area contributed by atoms with Gasteiger partial charge in [0.25, 0.3) is 0 Å². The second kappa shape index (κ2) is 5.96. The smallest absolute Gasteiger partial charge is 0.186 e. The Hall–Kier alpha value is -0.420. The van der Waals surface area contributed by atoms with Gasteiger partial charge in [-0.15, -0.1) is 11.3 Å². The van der Waals surface area contributed by atoms with Crippen molar-refractivity contribution < 1.29 is 9.53 Å². The van der Waals surface area contributed by atoms with Crippen LogP contribution in [0.25, 0.3) is 0 Å². The van der Waals surface area contributed by atoms with E-state index in [0.717, 1.165) is 31.1 Å². The van der Waals surface area contributed by atoms with Crippen molar-refractivity contribution in [1.82, 2.24) is 4.90 Å². The molecule has 0 N–H and O–H groups in total. The number of carbonyl (C=O) groups is 1. The van der Waals surface area contributed by atoms with E-state index in [1.165, 1.54) is 11.3 Å². The van der Waals surface area contributed by atoms with Gasteiger partial charge in [0.2, 0.25) is 0 Å². The summed E-state index contributed by atoms with van der Waals surface area (Å²) in [6, 6.07) is 3.94. The van der Waals surface area contributed by atoms with Gasteiger partial charge >= 0.3 is 0 Å². The zero-order chi connectivity index (χ0) is 12.3. The molecule has 17 heavy (non-hydrogen) atoms. The molecule has 2 rings (SSSR count). The average molecular weight is 274 g/mol. The lowest BCUT2D eigenvalue weighted by Crippen LogP contribution is -2.47. The normalized spacial score (nSPS) is 21.6. The maximum Gasteiger partial charge on any atom is 0.186 e. The minimum absolute atomic E-state index is 0.155. The molecule has 0 bridgehead atoms. The van der Waals surface area contributed by atoms with Crippen LogP contribution in [-0.4, -0.2) is 43.0 Å². The minimum Gasteiger partial charge on any atom is -0.378 e. The number of rotatable bonds is 4. The number of halogens is 1. The summed E-state index contributed by atoms with van der Waals surface area (Å²) in [4.78, 5) is 15.0. The predicted octanol–water partition coefficient (Wildman–Crippen LogP) is 2.70. The van der Waals surface area contributed by atoms with Crippen LogP contribution in [0.15, 0.2) is 12.1 Å². The number of hydrogen-bond donors (Lipinski definition) is 0. The van der Waals surface area contributed by atoms with E-state index >= 15 is 0 Å². The summed E-state index contributed by atoms with van der Waals surface area (Å²) in [6.45, 7) is 4.88. The summed E-state index contributed by atoms with van der Waals surface area (Å²) in [7, 11) is 0. The average Bonchev–Trinajstić information content (AvgIpc) is 2.77. The fourth-order valence-electron chi connectivity index (χ4n) is 2.00. The van der Waals surface area contributed by atoms with Gasteiger partial charge in [-0.1, -0.05) is 18.5 Å². The number of carbonyl (C=O) groups excluding carboxylic acids is 1. The molecule has 1 saturated heterocycles. The van der Waals surface area contributed by atoms with Gasteiger partial charge in [0.15, 0.2) is 5.78 Å². The van der Waals surface area contributed by atoms with Crippen molar-refractivity contribution in [2.45, 2.75) is 19.4 Å². The van der Waals surface area contributed by atoms with E-state index in [4.69, 9.17) is 16.3 Å². The van der Waals surface area contributed by atoms with Crippen molar-refractivity contribution >= 4 is 28.7 Å². The highest BCUT2D eigenvalue weighted by molar-refractivity contribution is 7.18. The summed E-state index contributed by atoms with van der Waals surface area (Å²) in [5, 5.41) is 0. The van der Waals surface area contributed by atoms with Gasteiger partial charge < -0.3 is 4.74 Å². The van der Waals surface area contributed by atoms with Gasteiger partial charge in [-0.3, -0.25) is 9.69 Å². The van der Waals surface area contributed by atoms with Crippen LogP contribution < -0.4 is 0 Å². The van der Waals surface area contributed by atoms with E-state index in [9.17, 15) is 4.79 Å². The molecule has 0 aliphatic carbocycles. The molecule has 1 aromatic heterocycles. The van der Waals surface area contributed by atoms with Gasteiger partial charge in [0.05, 0.1) is 29.0 Å². The van der Waals surface area contributed by atoms with E-state index in [0.29, 0.717) is 16.9 Å². The Morgan fingerprint density at radius 3 is 3.12 bits per heavy atom. The third-order valence-corrected chi connectivity index (χ3v) is 4.29. The Bertz CT molecular complexity index is 394. The van der Waals surface area contributed by atoms with Crippen LogP contribution in [0.1, 0.15) is 23.0 Å². The zero-order valence-corrected chi connectivity index (χ0v) is 11.4. The molecule has 1 aliphatic heterocycles. The predicted molar refractivity (Wildman–Crippen MR) is 70.1 cm³/mol. The first-order chi connectivity index (χ1) is 8.20. The molecule has 1 aromatic rings. The quantitative estimate of drug-likeness (QED) is 0.790. The third-order valence-electron chi connectivity index (χ3n) is 3.02. The van der Waals surface area contributed by atoms with Gasteiger partial charge in [-0.2, -0.15) is 0 Å². The highest BCUT2D eigenvalue weighted by Crippen LogP contribution is 2.22. The molecule has 0 spiro atoms. The molecule has 0 aromatic carbocycles. The minimum atomic E-state index is 0.155. The molecule has 5 heteroatoms. The summed E-state index contributed by atoms with van der Waals surface area (Å²) < 4.78 is 6.09. The van der Waals surface area contributed by atoms with Crippen molar-refractivity contribution in [3.05, 3.63) is 21.3 Å². The second-order valence-electron chi connectivity index (χ2n) is 4.13. The highest BCUT2D eigenvalue weighted by Gasteiger charge is 2.24. The molecule has 2 heterocycles. The third kappa shape index (κ3) is 3.28. The fourth-order valence-corrected chi connectivity index (χ4v) is 2.97. The first kappa shape index (κ1) is 13.0. The van der Waals surface area contributed by atoms with Crippen LogP contribution in [0.5, 0.6) is 0 Å². The van der Waals surface area contributed by atoms with Crippen LogP contribution >= 0.6 is 22.9 Å². The van der Waals surface area contributed by atoms with Crippen molar-refractivity contribution in [3.8, 4) is 0 Å². The van der Waals surface area contributed by atoms with Crippen LogP contribution in [0.2, 0.25) is 4.34 Å². The Morgan fingerprint density at radius 2 is 2.47 bits per heavy atom. The SMILES string of the molecule is CCC1COCCN1CC(=O)c1ccc(Cl)s1. The van der Waals surface area contributed by atoms with Crippen molar-refractivity contribution in [1.29, 1.82) is 0 Å². The van der Waals surface area contributed by atoms with Crippen LogP contribution in [-0.2, 0) is 4.74 Å². The standard InChI is InChI=1S/C12H16ClNO2S/c1-2-9-8-16-6-5-14(9)7-10(15)11-3-4-12(13)17-11/h3-4,9H,2,5-8H2,1H3. The first-order valence-electron chi connectivity index (χ1n) is 5.81. The molecule has 94 valence electrons. The van der Waals surface area contributed by atoms with E-state index in [2.05, 4.69) is 11.8 Å². The Kier molecular flexibility index (Phi) is 4.56. The summed E-state index contributed by atoms with van der Waals surface area (Å²) in [5.41, 5.74) is 0. The maximum absolute atomic E-state index is 12.1. The summed E-state index contributed by atoms with van der Waals surface area (Å²) >= 11 is 7.19. The number of Topliss-reactive ketones (excluding diaryl/α,β-unsaturated/α-hetero) is 1. The van der Waals surface area contributed by atoms with Gasteiger partial charge in [-0.25, -0.2) is 0 Å². The number of ketones is 1. The number of thiophene rings is 1. The molecular formula is C12H16ClNO2S. The van der Waals surface area contributed by atoms with Crippen LogP contribution in [0.3, 0.4) is 0 Å². The molecule has 0 amide bonds. The maximum atomic E-state index is 12.1. The Balaban J connectivity index is 1.97. The van der Waals surface area contributed by atoms with E-state index in [1.807, 2.05) is 0 Å². The number of nitrogens with zero attached hydrogens (tertiary/aromatic N) is 1. The summed E-state index contributed by atoms with van der Waals surface area (Å²) in [6.07, 6.45) is 1.01. The number of morpholine rings is 1. The monoisotopic (exact) mass is 273 g/mol. The molecule has 1 unspecified atom stereocenters. The van der Waals surface area contributed by atoms with Gasteiger partial charge in [-0.05, 0) is 18.6 Å². The van der Waals surface area contributed by atoms with Crippen LogP contribution in [0, 0.1) is 0 Å². The van der Waals surface area contributed by atoms with Gasteiger partial charge in [0, 0.05) is 12.6 Å². The van der Waals surface area contributed by atoms with Crippen molar-refractivity contribution in [3.63, 3.8) is 0 Å². The van der Waals surface area contributed by atoms with Crippen molar-refractivity contribution in [2.75, 3.05) is 26.3 Å². The lowest BCUT2D eigenvalue weighted by molar-refractivity contribution is -0.00579. The largest absolute Gasteiger partial charge is 0.378 e. The number of ether oxygens (including phenoxy) is 1. The lowest BCUT2D eigenvalue weighted by atomic mass is 10.1. The zero-order valence-electron chi connectivity index (χ0n) is 9.82. The molecule has 0 radical (unpaired) electrons. The molecule has 3 nitrogen and oxygen atoms in total. The van der Waals surface area contributed by atoms with Crippen molar-refractivity contribution in [2.24, 2.45) is 0 Å². The topological polar surface area (TPSA) is 29.5 Å². The highest BCUT2D eigenvalue weighted by atomic mass is 35.5. The molecule has 1 atom stereocenters. The first-order valence-corrected chi connectivity index (χ1v) is 7.00. The van der Waals surface area contributed by atoms with Crippen LogP contribution in [0.4, 0.5) is 0 Å². The van der Waals surface area contributed by atoms with E-state index in [-0.39, 0.29) is 5.78 Å². The lowest BCUT2D eigenvalue weighted by Gasteiger charge is -2.34. The van der Waals surface area contributed by atoms with E-state index in [1.54, 1.807) is 12.1 Å². The molecular weight excluding hydrogens is 258 g/mol. The Morgan fingerprint density at radius 1 is 1.65 bits per heavy atom. The van der Waals surface area contributed by atoms with Gasteiger partial charge in [0.1, 0.15) is 0 Å². The Labute approximate surface area is 110 Å². The molecule has 0 saturated carbocycles. The fraction of sp³-hybridized carbons (Fsp3) is 0.583.